The summed E-state index contributed by atoms with van der Waals surface area (Å²) in [5.74, 6) is 0.305. The molecule has 0 radical (unpaired) electrons. The van der Waals surface area contributed by atoms with E-state index in [0.717, 1.165) is 34.2 Å². The first-order valence-electron chi connectivity index (χ1n) is 4.07. The van der Waals surface area contributed by atoms with Crippen molar-refractivity contribution in [2.75, 3.05) is 0 Å². The Balaban J connectivity index is 3.18. The van der Waals surface area contributed by atoms with Gasteiger partial charge in [-0.25, -0.2) is 0 Å². The van der Waals surface area contributed by atoms with Gasteiger partial charge >= 0.3 is 0 Å². The number of thioether (sulfide) groups is 1. The second-order valence-corrected chi connectivity index (χ2v) is 3.62. The standard InChI is InChI=1S/C10H11NOS/c1-3-8-5-9(12)7(2)4-10(8)13-6-11/h4-5,12H,3H2,1-2H3. The number of phenols is 1. The average molecular weight is 193 g/mol. The summed E-state index contributed by atoms with van der Waals surface area (Å²) >= 11 is 1.14. The molecule has 0 heterocycles. The number of aromatic hydroxyl groups is 1. The highest BCUT2D eigenvalue weighted by atomic mass is 32.2. The van der Waals surface area contributed by atoms with Gasteiger partial charge in [0.1, 0.15) is 11.2 Å². The van der Waals surface area contributed by atoms with E-state index in [0.29, 0.717) is 5.75 Å². The van der Waals surface area contributed by atoms with Crippen molar-refractivity contribution in [3.63, 3.8) is 0 Å². The molecule has 0 saturated heterocycles. The number of rotatable bonds is 2. The van der Waals surface area contributed by atoms with Crippen LogP contribution in [0.4, 0.5) is 0 Å². The van der Waals surface area contributed by atoms with Crippen molar-refractivity contribution in [1.29, 1.82) is 5.26 Å². The highest BCUT2D eigenvalue weighted by Crippen LogP contribution is 2.28. The van der Waals surface area contributed by atoms with Gasteiger partial charge in [0, 0.05) is 4.90 Å². The second kappa shape index (κ2) is 4.20. The predicted octanol–water partition coefficient (Wildman–Crippen LogP) is 2.84. The molecule has 1 N–H and O–H groups in total. The van der Waals surface area contributed by atoms with Gasteiger partial charge in [-0.2, -0.15) is 5.26 Å². The number of benzene rings is 1. The summed E-state index contributed by atoms with van der Waals surface area (Å²) in [6.45, 7) is 3.84. The minimum Gasteiger partial charge on any atom is -0.508 e. The number of hydrogen-bond acceptors (Lipinski definition) is 3. The van der Waals surface area contributed by atoms with Crippen LogP contribution in [0.5, 0.6) is 5.75 Å². The normalized spacial score (nSPS) is 9.62. The smallest absolute Gasteiger partial charge is 0.138 e. The maximum atomic E-state index is 9.43. The maximum Gasteiger partial charge on any atom is 0.138 e. The van der Waals surface area contributed by atoms with E-state index < -0.39 is 0 Å². The summed E-state index contributed by atoms with van der Waals surface area (Å²) in [6, 6.07) is 3.58. The molecule has 0 unspecified atom stereocenters. The second-order valence-electron chi connectivity index (χ2n) is 2.79. The zero-order valence-corrected chi connectivity index (χ0v) is 8.48. The zero-order chi connectivity index (χ0) is 9.84. The largest absolute Gasteiger partial charge is 0.508 e. The van der Waals surface area contributed by atoms with Gasteiger partial charge in [-0.1, -0.05) is 6.92 Å². The van der Waals surface area contributed by atoms with Gasteiger partial charge in [0.25, 0.3) is 0 Å². The van der Waals surface area contributed by atoms with E-state index >= 15 is 0 Å². The van der Waals surface area contributed by atoms with E-state index in [2.05, 4.69) is 0 Å². The van der Waals surface area contributed by atoms with Gasteiger partial charge in [-0.05, 0) is 48.4 Å². The molecule has 2 nitrogen and oxygen atoms in total. The van der Waals surface area contributed by atoms with E-state index in [1.54, 1.807) is 6.07 Å². The molecule has 3 heteroatoms. The Morgan fingerprint density at radius 2 is 2.23 bits per heavy atom. The van der Waals surface area contributed by atoms with Gasteiger partial charge in [-0.3, -0.25) is 0 Å². The summed E-state index contributed by atoms with van der Waals surface area (Å²) in [4.78, 5) is 0.945. The van der Waals surface area contributed by atoms with E-state index in [1.165, 1.54) is 0 Å². The predicted molar refractivity (Wildman–Crippen MR) is 53.7 cm³/mol. The number of nitrogens with zero attached hydrogens (tertiary/aromatic N) is 1. The zero-order valence-electron chi connectivity index (χ0n) is 7.66. The third-order valence-electron chi connectivity index (χ3n) is 1.92. The first-order valence-corrected chi connectivity index (χ1v) is 4.89. The van der Waals surface area contributed by atoms with Crippen LogP contribution in [0, 0.1) is 17.6 Å². The fourth-order valence-corrected chi connectivity index (χ4v) is 1.80. The molecule has 1 rings (SSSR count). The molecule has 68 valence electrons. The molecule has 0 spiro atoms. The summed E-state index contributed by atoms with van der Waals surface area (Å²) < 4.78 is 0. The molecular formula is C10H11NOS. The molecule has 13 heavy (non-hydrogen) atoms. The van der Waals surface area contributed by atoms with E-state index in [1.807, 2.05) is 25.3 Å². The summed E-state index contributed by atoms with van der Waals surface area (Å²) in [6.07, 6.45) is 0.831. The molecule has 0 aromatic heterocycles. The Labute approximate surface area is 82.2 Å². The maximum absolute atomic E-state index is 9.43. The van der Waals surface area contributed by atoms with Crippen LogP contribution in [-0.4, -0.2) is 5.11 Å². The Morgan fingerprint density at radius 3 is 2.77 bits per heavy atom. The van der Waals surface area contributed by atoms with Crippen LogP contribution in [0.25, 0.3) is 0 Å². The number of thiocyanates is 1. The molecule has 0 aliphatic rings. The van der Waals surface area contributed by atoms with Gasteiger partial charge in [0.15, 0.2) is 0 Å². The van der Waals surface area contributed by atoms with Crippen molar-refractivity contribution in [1.82, 2.24) is 0 Å². The lowest BCUT2D eigenvalue weighted by Crippen LogP contribution is -1.86. The Hall–Kier alpha value is -1.14. The van der Waals surface area contributed by atoms with Crippen LogP contribution in [0.3, 0.4) is 0 Å². The Bertz CT molecular complexity index is 355. The van der Waals surface area contributed by atoms with Gasteiger partial charge in [-0.15, -0.1) is 0 Å². The van der Waals surface area contributed by atoms with Gasteiger partial charge in [0.2, 0.25) is 0 Å². The Kier molecular flexibility index (Phi) is 3.21. The highest BCUT2D eigenvalue weighted by Gasteiger charge is 2.05. The molecule has 0 aliphatic heterocycles. The van der Waals surface area contributed by atoms with Crippen LogP contribution in [0.15, 0.2) is 17.0 Å². The molecule has 0 fully saturated rings. The van der Waals surface area contributed by atoms with E-state index in [-0.39, 0.29) is 0 Å². The monoisotopic (exact) mass is 193 g/mol. The number of phenolic OH excluding ortho intramolecular Hbond substituents is 1. The van der Waals surface area contributed by atoms with E-state index in [4.69, 9.17) is 5.26 Å². The number of aryl methyl sites for hydroxylation is 2. The van der Waals surface area contributed by atoms with Crippen molar-refractivity contribution in [2.45, 2.75) is 25.2 Å². The van der Waals surface area contributed by atoms with Crippen LogP contribution in [-0.2, 0) is 6.42 Å². The van der Waals surface area contributed by atoms with Crippen molar-refractivity contribution < 1.29 is 5.11 Å². The molecule has 0 atom stereocenters. The van der Waals surface area contributed by atoms with Crippen LogP contribution in [0.2, 0.25) is 0 Å². The quantitative estimate of drug-likeness (QED) is 0.580. The van der Waals surface area contributed by atoms with Crippen LogP contribution in [0.1, 0.15) is 18.1 Å². The van der Waals surface area contributed by atoms with Crippen LogP contribution < -0.4 is 0 Å². The topological polar surface area (TPSA) is 44.0 Å². The first kappa shape index (κ1) is 9.94. The molecular weight excluding hydrogens is 182 g/mol. The van der Waals surface area contributed by atoms with Crippen molar-refractivity contribution in [3.05, 3.63) is 23.3 Å². The highest BCUT2D eigenvalue weighted by molar-refractivity contribution is 8.03. The lowest BCUT2D eigenvalue weighted by molar-refractivity contribution is 0.469. The minimum absolute atomic E-state index is 0.305. The third-order valence-corrected chi connectivity index (χ3v) is 2.61. The summed E-state index contributed by atoms with van der Waals surface area (Å²) in [5.41, 5.74) is 1.84. The fourth-order valence-electron chi connectivity index (χ4n) is 1.13. The summed E-state index contributed by atoms with van der Waals surface area (Å²) in [5, 5.41) is 20.0. The molecule has 0 aliphatic carbocycles. The summed E-state index contributed by atoms with van der Waals surface area (Å²) in [7, 11) is 0. The molecule has 1 aromatic rings. The fraction of sp³-hybridized carbons (Fsp3) is 0.300. The van der Waals surface area contributed by atoms with Crippen LogP contribution >= 0.6 is 11.8 Å². The average Bonchev–Trinajstić information content (AvgIpc) is 2.11. The van der Waals surface area contributed by atoms with Gasteiger partial charge in [0.05, 0.1) is 0 Å². The number of hydrogen-bond donors (Lipinski definition) is 1. The Morgan fingerprint density at radius 1 is 1.54 bits per heavy atom. The molecule has 0 bridgehead atoms. The van der Waals surface area contributed by atoms with E-state index in [9.17, 15) is 5.11 Å². The molecule has 1 aromatic carbocycles. The lowest BCUT2D eigenvalue weighted by atomic mass is 10.1. The number of nitriles is 1. The SMILES string of the molecule is CCc1cc(O)c(C)cc1SC#N. The molecule has 0 amide bonds. The third kappa shape index (κ3) is 2.16. The lowest BCUT2D eigenvalue weighted by Gasteiger charge is -2.06. The van der Waals surface area contributed by atoms with Gasteiger partial charge < -0.3 is 5.11 Å². The molecule has 0 saturated carbocycles. The van der Waals surface area contributed by atoms with Crippen molar-refractivity contribution in [2.24, 2.45) is 0 Å². The first-order chi connectivity index (χ1) is 6.19. The minimum atomic E-state index is 0.305. The van der Waals surface area contributed by atoms with Crippen molar-refractivity contribution in [3.8, 4) is 11.2 Å². The van der Waals surface area contributed by atoms with Crippen molar-refractivity contribution >= 4 is 11.8 Å².